The average Bonchev–Trinajstić information content (AvgIpc) is 2.64. The summed E-state index contributed by atoms with van der Waals surface area (Å²) in [6, 6.07) is 10.3. The van der Waals surface area contributed by atoms with Gasteiger partial charge in [-0.25, -0.2) is 4.98 Å². The van der Waals surface area contributed by atoms with E-state index in [1.54, 1.807) is 6.20 Å². The molecule has 0 saturated heterocycles. The van der Waals surface area contributed by atoms with Crippen molar-refractivity contribution in [1.82, 2.24) is 4.98 Å². The molecule has 1 aliphatic rings. The van der Waals surface area contributed by atoms with Crippen LogP contribution in [0.25, 0.3) is 0 Å². The number of ether oxygens (including phenoxy) is 1. The van der Waals surface area contributed by atoms with E-state index in [4.69, 9.17) is 4.74 Å². The average molecular weight is 352 g/mol. The van der Waals surface area contributed by atoms with E-state index in [9.17, 15) is 4.79 Å². The number of aromatic nitrogens is 1. The lowest BCUT2D eigenvalue weighted by Crippen LogP contribution is -2.42. The third kappa shape index (κ3) is 3.74. The summed E-state index contributed by atoms with van der Waals surface area (Å²) < 4.78 is 5.49. The molecule has 1 N–H and O–H groups in total. The van der Waals surface area contributed by atoms with E-state index >= 15 is 0 Å². The molecule has 4 nitrogen and oxygen atoms in total. The molecule has 4 heteroatoms. The summed E-state index contributed by atoms with van der Waals surface area (Å²) in [4.78, 5) is 17.7. The maximum absolute atomic E-state index is 13.4. The van der Waals surface area contributed by atoms with E-state index < -0.39 is 5.41 Å². The minimum Gasteiger partial charge on any atom is -0.478 e. The lowest BCUT2D eigenvalue weighted by molar-refractivity contribution is -0.122. The van der Waals surface area contributed by atoms with E-state index in [0.717, 1.165) is 42.5 Å². The highest BCUT2D eigenvalue weighted by Crippen LogP contribution is 2.40. The molecular formula is C22H28N2O2. The molecule has 1 amide bonds. The van der Waals surface area contributed by atoms with Crippen LogP contribution in [0.3, 0.4) is 0 Å². The molecule has 1 heterocycles. The Morgan fingerprint density at radius 1 is 1.19 bits per heavy atom. The van der Waals surface area contributed by atoms with Crippen LogP contribution >= 0.6 is 0 Å². The highest BCUT2D eigenvalue weighted by molar-refractivity contribution is 5.99. The van der Waals surface area contributed by atoms with Crippen LogP contribution in [0.15, 0.2) is 36.5 Å². The van der Waals surface area contributed by atoms with Gasteiger partial charge in [0.05, 0.1) is 23.9 Å². The van der Waals surface area contributed by atoms with Gasteiger partial charge >= 0.3 is 0 Å². The molecule has 0 unspecified atom stereocenters. The molecule has 2 aromatic rings. The number of aryl methyl sites for hydroxylation is 2. The molecule has 3 rings (SSSR count). The van der Waals surface area contributed by atoms with Gasteiger partial charge in [0.2, 0.25) is 11.8 Å². The molecule has 1 saturated carbocycles. The highest BCUT2D eigenvalue weighted by Gasteiger charge is 2.41. The van der Waals surface area contributed by atoms with Crippen molar-refractivity contribution in [1.29, 1.82) is 0 Å². The van der Waals surface area contributed by atoms with Crippen LogP contribution in [0.1, 0.15) is 55.7 Å². The largest absolute Gasteiger partial charge is 0.478 e. The van der Waals surface area contributed by atoms with E-state index in [1.165, 1.54) is 12.0 Å². The Balaban J connectivity index is 1.88. The first kappa shape index (κ1) is 18.4. The topological polar surface area (TPSA) is 51.2 Å². The van der Waals surface area contributed by atoms with Crippen LogP contribution in [0.2, 0.25) is 0 Å². The van der Waals surface area contributed by atoms with E-state index in [0.29, 0.717) is 12.5 Å². The Morgan fingerprint density at radius 2 is 1.96 bits per heavy atom. The summed E-state index contributed by atoms with van der Waals surface area (Å²) >= 11 is 0. The van der Waals surface area contributed by atoms with Gasteiger partial charge in [-0.05, 0) is 45.2 Å². The minimum absolute atomic E-state index is 0.0770. The van der Waals surface area contributed by atoms with E-state index in [1.807, 2.05) is 19.9 Å². The quantitative estimate of drug-likeness (QED) is 0.829. The molecular weight excluding hydrogens is 324 g/mol. The maximum Gasteiger partial charge on any atom is 0.235 e. The van der Waals surface area contributed by atoms with Crippen LogP contribution < -0.4 is 10.1 Å². The zero-order valence-electron chi connectivity index (χ0n) is 16.0. The smallest absolute Gasteiger partial charge is 0.235 e. The van der Waals surface area contributed by atoms with Crippen molar-refractivity contribution in [2.75, 3.05) is 11.9 Å². The number of carbonyl (C=O) groups is 1. The Hall–Kier alpha value is -2.36. The fraction of sp³-hybridized carbons (Fsp3) is 0.455. The van der Waals surface area contributed by atoms with Crippen LogP contribution in [0.4, 0.5) is 5.69 Å². The molecule has 1 aromatic carbocycles. The second-order valence-electron chi connectivity index (χ2n) is 7.25. The van der Waals surface area contributed by atoms with Crippen molar-refractivity contribution >= 4 is 11.6 Å². The van der Waals surface area contributed by atoms with Gasteiger partial charge in [0.1, 0.15) is 0 Å². The van der Waals surface area contributed by atoms with Gasteiger partial charge in [0.25, 0.3) is 0 Å². The molecule has 26 heavy (non-hydrogen) atoms. The van der Waals surface area contributed by atoms with E-state index in [2.05, 4.69) is 41.5 Å². The summed E-state index contributed by atoms with van der Waals surface area (Å²) in [5.74, 6) is 0.699. The predicted molar refractivity (Wildman–Crippen MR) is 105 cm³/mol. The van der Waals surface area contributed by atoms with Crippen LogP contribution in [0.5, 0.6) is 5.88 Å². The predicted octanol–water partition coefficient (Wildman–Crippen LogP) is 4.94. The molecule has 0 bridgehead atoms. The lowest BCUT2D eigenvalue weighted by atomic mass is 9.68. The Labute approximate surface area is 156 Å². The van der Waals surface area contributed by atoms with Gasteiger partial charge in [0, 0.05) is 5.56 Å². The molecule has 0 atom stereocenters. The first-order chi connectivity index (χ1) is 12.5. The van der Waals surface area contributed by atoms with Gasteiger partial charge in [0.15, 0.2) is 0 Å². The van der Waals surface area contributed by atoms with Crippen molar-refractivity contribution in [3.05, 3.63) is 53.2 Å². The molecule has 1 fully saturated rings. The molecule has 0 radical (unpaired) electrons. The van der Waals surface area contributed by atoms with Crippen LogP contribution in [-0.4, -0.2) is 17.5 Å². The third-order valence-electron chi connectivity index (χ3n) is 5.28. The minimum atomic E-state index is -0.448. The van der Waals surface area contributed by atoms with Crippen molar-refractivity contribution in [3.63, 3.8) is 0 Å². The van der Waals surface area contributed by atoms with Crippen molar-refractivity contribution in [2.24, 2.45) is 0 Å². The summed E-state index contributed by atoms with van der Waals surface area (Å²) in [6.45, 7) is 6.55. The van der Waals surface area contributed by atoms with Gasteiger partial charge in [-0.3, -0.25) is 4.79 Å². The first-order valence-electron chi connectivity index (χ1n) is 9.53. The monoisotopic (exact) mass is 352 g/mol. The van der Waals surface area contributed by atoms with Crippen molar-refractivity contribution < 1.29 is 9.53 Å². The number of amides is 1. The van der Waals surface area contributed by atoms with Gasteiger partial charge < -0.3 is 10.1 Å². The lowest BCUT2D eigenvalue weighted by Gasteiger charge is -2.36. The van der Waals surface area contributed by atoms with Gasteiger partial charge in [-0.2, -0.15) is 0 Å². The number of nitrogens with one attached hydrogen (secondary N) is 1. The number of hydrogen-bond donors (Lipinski definition) is 1. The number of rotatable bonds is 5. The first-order valence-corrected chi connectivity index (χ1v) is 9.53. The standard InChI is InChI=1S/C22H28N2O2/c1-4-26-20-17(3)14-19(15-23-20)24-21(25)22(11-6-5-7-12-22)18-10-8-9-16(2)13-18/h8-10,13-15H,4-7,11-12H2,1-3H3,(H,24,25). The Morgan fingerprint density at radius 3 is 2.62 bits per heavy atom. The molecule has 0 aliphatic heterocycles. The zero-order chi connectivity index (χ0) is 18.6. The number of pyridine rings is 1. The Kier molecular flexibility index (Phi) is 5.60. The second kappa shape index (κ2) is 7.90. The molecule has 0 spiro atoms. The summed E-state index contributed by atoms with van der Waals surface area (Å²) in [5.41, 5.74) is 3.53. The van der Waals surface area contributed by atoms with Gasteiger partial charge in [-0.15, -0.1) is 0 Å². The second-order valence-corrected chi connectivity index (χ2v) is 7.25. The SMILES string of the molecule is CCOc1ncc(NC(=O)C2(c3cccc(C)c3)CCCCC2)cc1C. The fourth-order valence-electron chi connectivity index (χ4n) is 3.91. The highest BCUT2D eigenvalue weighted by atomic mass is 16.5. The molecule has 1 aromatic heterocycles. The number of hydrogen-bond acceptors (Lipinski definition) is 3. The van der Waals surface area contributed by atoms with Gasteiger partial charge in [-0.1, -0.05) is 49.1 Å². The number of anilines is 1. The number of nitrogens with zero attached hydrogens (tertiary/aromatic N) is 1. The molecule has 1 aliphatic carbocycles. The maximum atomic E-state index is 13.4. The summed E-state index contributed by atoms with van der Waals surface area (Å²) in [7, 11) is 0. The van der Waals surface area contributed by atoms with Crippen molar-refractivity contribution in [2.45, 2.75) is 58.3 Å². The summed E-state index contributed by atoms with van der Waals surface area (Å²) in [6.07, 6.45) is 6.84. The number of benzene rings is 1. The molecule has 138 valence electrons. The normalized spacial score (nSPS) is 16.1. The van der Waals surface area contributed by atoms with Crippen molar-refractivity contribution in [3.8, 4) is 5.88 Å². The fourth-order valence-corrected chi connectivity index (χ4v) is 3.91. The summed E-state index contributed by atoms with van der Waals surface area (Å²) in [5, 5.41) is 3.12. The van der Waals surface area contributed by atoms with Crippen LogP contribution in [-0.2, 0) is 10.2 Å². The van der Waals surface area contributed by atoms with E-state index in [-0.39, 0.29) is 5.91 Å². The number of carbonyl (C=O) groups excluding carboxylic acids is 1. The Bertz CT molecular complexity index is 779. The van der Waals surface area contributed by atoms with Crippen LogP contribution in [0, 0.1) is 13.8 Å². The third-order valence-corrected chi connectivity index (χ3v) is 5.28. The zero-order valence-corrected chi connectivity index (χ0v) is 16.0.